The van der Waals surface area contributed by atoms with Crippen molar-refractivity contribution in [2.45, 2.75) is 6.92 Å². The molecule has 5 heteroatoms. The maximum Gasteiger partial charge on any atom is 0.338 e. The lowest BCUT2D eigenvalue weighted by molar-refractivity contribution is 0.0526. The number of nitrogens with zero attached hydrogens (tertiary/aromatic N) is 1. The van der Waals surface area contributed by atoms with Crippen LogP contribution in [0.5, 0.6) is 0 Å². The van der Waals surface area contributed by atoms with Crippen LogP contribution in [0.15, 0.2) is 84.9 Å². The van der Waals surface area contributed by atoms with Gasteiger partial charge in [0.1, 0.15) is 0 Å². The molecule has 0 saturated carbocycles. The second-order valence-electron chi connectivity index (χ2n) is 5.73. The fraction of sp³-hybridized carbons (Fsp3) is 0.0909. The van der Waals surface area contributed by atoms with Gasteiger partial charge in [-0.3, -0.25) is 4.90 Å². The average molecular weight is 360 g/mol. The average Bonchev–Trinajstić information content (AvgIpc) is 2.70. The van der Waals surface area contributed by atoms with Gasteiger partial charge < -0.3 is 10.1 Å². The maximum absolute atomic E-state index is 13.0. The quantitative estimate of drug-likeness (QED) is 0.634. The molecule has 0 atom stereocenters. The van der Waals surface area contributed by atoms with Gasteiger partial charge in [-0.2, -0.15) is 0 Å². The molecule has 3 rings (SSSR count). The number of para-hydroxylation sites is 2. The summed E-state index contributed by atoms with van der Waals surface area (Å²) in [6, 6.07) is 25.1. The number of nitrogens with one attached hydrogen (secondary N) is 1. The molecule has 5 nitrogen and oxygen atoms in total. The van der Waals surface area contributed by atoms with Crippen LogP contribution in [-0.2, 0) is 4.74 Å². The Morgan fingerprint density at radius 1 is 0.815 bits per heavy atom. The summed E-state index contributed by atoms with van der Waals surface area (Å²) in [4.78, 5) is 26.3. The van der Waals surface area contributed by atoms with Crippen molar-refractivity contribution in [1.29, 1.82) is 0 Å². The van der Waals surface area contributed by atoms with Gasteiger partial charge in [0.2, 0.25) is 0 Å². The highest BCUT2D eigenvalue weighted by Crippen LogP contribution is 2.26. The zero-order valence-electron chi connectivity index (χ0n) is 15.0. The number of carbonyl (C=O) groups is 2. The summed E-state index contributed by atoms with van der Waals surface area (Å²) in [5.74, 6) is -0.384. The highest BCUT2D eigenvalue weighted by Gasteiger charge is 2.18. The molecule has 0 aromatic heterocycles. The van der Waals surface area contributed by atoms with Crippen LogP contribution in [0, 0.1) is 0 Å². The second-order valence-corrected chi connectivity index (χ2v) is 5.73. The summed E-state index contributed by atoms with van der Waals surface area (Å²) in [7, 11) is 0. The minimum absolute atomic E-state index is 0.295. The molecular weight excluding hydrogens is 340 g/mol. The molecule has 0 aliphatic carbocycles. The van der Waals surface area contributed by atoms with Crippen molar-refractivity contribution in [1.82, 2.24) is 0 Å². The van der Waals surface area contributed by atoms with Crippen LogP contribution in [0.25, 0.3) is 0 Å². The van der Waals surface area contributed by atoms with E-state index < -0.39 is 0 Å². The van der Waals surface area contributed by atoms with E-state index in [0.29, 0.717) is 17.9 Å². The molecule has 0 bridgehead atoms. The zero-order chi connectivity index (χ0) is 19.1. The molecule has 0 aliphatic heterocycles. The second kappa shape index (κ2) is 8.67. The molecule has 0 radical (unpaired) electrons. The monoisotopic (exact) mass is 360 g/mol. The number of ether oxygens (including phenoxy) is 1. The van der Waals surface area contributed by atoms with Crippen LogP contribution in [0.2, 0.25) is 0 Å². The number of anilines is 3. The van der Waals surface area contributed by atoms with Crippen molar-refractivity contribution in [2.24, 2.45) is 0 Å². The van der Waals surface area contributed by atoms with Crippen molar-refractivity contribution in [3.63, 3.8) is 0 Å². The van der Waals surface area contributed by atoms with Gasteiger partial charge in [-0.15, -0.1) is 0 Å². The van der Waals surface area contributed by atoms with Gasteiger partial charge >= 0.3 is 12.0 Å². The van der Waals surface area contributed by atoms with Gasteiger partial charge in [0, 0.05) is 5.69 Å². The highest BCUT2D eigenvalue weighted by atomic mass is 16.5. The summed E-state index contributed by atoms with van der Waals surface area (Å²) in [5.41, 5.74) is 2.54. The SMILES string of the molecule is CCOC(=O)c1ccc(NC(=O)N(c2ccccc2)c2ccccc2)cc1. The number of benzene rings is 3. The summed E-state index contributed by atoms with van der Waals surface area (Å²) in [6.07, 6.45) is 0. The number of hydrogen-bond acceptors (Lipinski definition) is 3. The van der Waals surface area contributed by atoms with Gasteiger partial charge in [-0.05, 0) is 55.5 Å². The van der Waals surface area contributed by atoms with Gasteiger partial charge in [0.15, 0.2) is 0 Å². The van der Waals surface area contributed by atoms with E-state index in [1.807, 2.05) is 60.7 Å². The molecule has 0 saturated heterocycles. The molecule has 1 N–H and O–H groups in total. The molecule has 0 aliphatic rings. The van der Waals surface area contributed by atoms with E-state index in [-0.39, 0.29) is 12.0 Å². The number of carbonyl (C=O) groups excluding carboxylic acids is 2. The van der Waals surface area contributed by atoms with E-state index >= 15 is 0 Å². The Kier molecular flexibility index (Phi) is 5.84. The Hall–Kier alpha value is -3.60. The Labute approximate surface area is 158 Å². The third-order valence-electron chi connectivity index (χ3n) is 3.88. The van der Waals surface area contributed by atoms with E-state index in [1.165, 1.54) is 0 Å². The molecule has 0 heterocycles. The minimum atomic E-state index is -0.384. The lowest BCUT2D eigenvalue weighted by Crippen LogP contribution is -2.30. The first kappa shape index (κ1) is 18.2. The molecule has 0 fully saturated rings. The Morgan fingerprint density at radius 2 is 1.33 bits per heavy atom. The highest BCUT2D eigenvalue weighted by molar-refractivity contribution is 6.07. The Morgan fingerprint density at radius 3 is 1.81 bits per heavy atom. The summed E-state index contributed by atoms with van der Waals surface area (Å²) in [5, 5.41) is 2.87. The molecule has 0 spiro atoms. The third-order valence-corrected chi connectivity index (χ3v) is 3.88. The van der Waals surface area contributed by atoms with Crippen LogP contribution in [0.3, 0.4) is 0 Å². The number of esters is 1. The van der Waals surface area contributed by atoms with Crippen LogP contribution in [0.4, 0.5) is 21.9 Å². The van der Waals surface area contributed by atoms with Crippen molar-refractivity contribution in [3.05, 3.63) is 90.5 Å². The van der Waals surface area contributed by atoms with Crippen molar-refractivity contribution in [3.8, 4) is 0 Å². The normalized spacial score (nSPS) is 10.1. The molecule has 27 heavy (non-hydrogen) atoms. The maximum atomic E-state index is 13.0. The molecule has 3 aromatic rings. The molecule has 136 valence electrons. The Balaban J connectivity index is 1.82. The van der Waals surface area contributed by atoms with Crippen LogP contribution >= 0.6 is 0 Å². The predicted octanol–water partition coefficient (Wildman–Crippen LogP) is 5.23. The molecule has 0 unspecified atom stereocenters. The van der Waals surface area contributed by atoms with E-state index in [1.54, 1.807) is 36.1 Å². The van der Waals surface area contributed by atoms with Crippen LogP contribution in [-0.4, -0.2) is 18.6 Å². The molecule has 3 aromatic carbocycles. The fourth-order valence-corrected chi connectivity index (χ4v) is 2.62. The van der Waals surface area contributed by atoms with Crippen molar-refractivity contribution < 1.29 is 14.3 Å². The zero-order valence-corrected chi connectivity index (χ0v) is 15.0. The first-order valence-electron chi connectivity index (χ1n) is 8.67. The van der Waals surface area contributed by atoms with Crippen LogP contribution in [0.1, 0.15) is 17.3 Å². The van der Waals surface area contributed by atoms with Crippen molar-refractivity contribution in [2.75, 3.05) is 16.8 Å². The molecule has 2 amide bonds. The van der Waals surface area contributed by atoms with Gasteiger partial charge in [0.05, 0.1) is 23.5 Å². The van der Waals surface area contributed by atoms with Gasteiger partial charge in [-0.1, -0.05) is 36.4 Å². The van der Waals surface area contributed by atoms with E-state index in [4.69, 9.17) is 4.74 Å². The van der Waals surface area contributed by atoms with E-state index in [9.17, 15) is 9.59 Å². The van der Waals surface area contributed by atoms with Gasteiger partial charge in [0.25, 0.3) is 0 Å². The first-order valence-corrected chi connectivity index (χ1v) is 8.67. The smallest absolute Gasteiger partial charge is 0.338 e. The number of rotatable bonds is 5. The standard InChI is InChI=1S/C22H20N2O3/c1-2-27-21(25)17-13-15-18(16-14-17)23-22(26)24(19-9-5-3-6-10-19)20-11-7-4-8-12-20/h3-16H,2H2,1H3,(H,23,26). The number of urea groups is 1. The number of hydrogen-bond donors (Lipinski definition) is 1. The first-order chi connectivity index (χ1) is 13.2. The minimum Gasteiger partial charge on any atom is -0.462 e. The summed E-state index contributed by atoms with van der Waals surface area (Å²) in [6.45, 7) is 2.08. The third kappa shape index (κ3) is 4.52. The topological polar surface area (TPSA) is 58.6 Å². The lowest BCUT2D eigenvalue weighted by Gasteiger charge is -2.23. The lowest BCUT2D eigenvalue weighted by atomic mass is 10.2. The van der Waals surface area contributed by atoms with E-state index in [0.717, 1.165) is 11.4 Å². The summed E-state index contributed by atoms with van der Waals surface area (Å²) >= 11 is 0. The van der Waals surface area contributed by atoms with Gasteiger partial charge in [-0.25, -0.2) is 9.59 Å². The predicted molar refractivity (Wildman–Crippen MR) is 106 cm³/mol. The Bertz CT molecular complexity index is 854. The molecular formula is C22H20N2O3. The number of amides is 2. The largest absolute Gasteiger partial charge is 0.462 e. The fourth-order valence-electron chi connectivity index (χ4n) is 2.62. The van der Waals surface area contributed by atoms with Crippen molar-refractivity contribution >= 4 is 29.1 Å². The summed E-state index contributed by atoms with van der Waals surface area (Å²) < 4.78 is 4.97. The van der Waals surface area contributed by atoms with E-state index in [2.05, 4.69) is 5.32 Å². The van der Waals surface area contributed by atoms with Crippen LogP contribution < -0.4 is 10.2 Å².